The van der Waals surface area contributed by atoms with Gasteiger partial charge in [0.05, 0.1) is 5.39 Å². The van der Waals surface area contributed by atoms with E-state index in [1.807, 2.05) is 68.4 Å². The zero-order valence-electron chi connectivity index (χ0n) is 21.8. The van der Waals surface area contributed by atoms with Gasteiger partial charge in [-0.2, -0.15) is 5.10 Å². The molecule has 0 spiro atoms. The molecule has 10 nitrogen and oxygen atoms in total. The van der Waals surface area contributed by atoms with Crippen molar-refractivity contribution in [2.75, 3.05) is 48.8 Å². The molecule has 0 unspecified atom stereocenters. The average Bonchev–Trinajstić information content (AvgIpc) is 3.30. The molecule has 3 amide bonds. The first-order chi connectivity index (χ1) is 18.4. The Hall–Kier alpha value is -4.44. The van der Waals surface area contributed by atoms with Gasteiger partial charge in [0.2, 0.25) is 0 Å². The molecule has 4 N–H and O–H groups in total. The van der Waals surface area contributed by atoms with Gasteiger partial charge >= 0.3 is 6.03 Å². The van der Waals surface area contributed by atoms with E-state index in [9.17, 15) is 9.59 Å². The predicted octanol–water partition coefficient (Wildman–Crippen LogP) is 4.16. The molecule has 0 bridgehead atoms. The molecular formula is C28H32N8O2. The van der Waals surface area contributed by atoms with Crippen LogP contribution in [0.2, 0.25) is 0 Å². The van der Waals surface area contributed by atoms with Crippen LogP contribution in [0.5, 0.6) is 0 Å². The zero-order valence-corrected chi connectivity index (χ0v) is 21.8. The molecular weight excluding hydrogens is 480 g/mol. The van der Waals surface area contributed by atoms with Crippen molar-refractivity contribution in [3.05, 3.63) is 66.4 Å². The molecule has 196 valence electrons. The fourth-order valence-corrected chi connectivity index (χ4v) is 4.43. The maximum atomic E-state index is 13.0. The second-order valence-corrected chi connectivity index (χ2v) is 9.82. The van der Waals surface area contributed by atoms with Gasteiger partial charge < -0.3 is 25.8 Å². The highest BCUT2D eigenvalue weighted by Crippen LogP contribution is 2.28. The molecule has 0 saturated carbocycles. The third-order valence-corrected chi connectivity index (χ3v) is 6.52. The van der Waals surface area contributed by atoms with E-state index < -0.39 is 0 Å². The number of anilines is 3. The van der Waals surface area contributed by atoms with E-state index in [0.29, 0.717) is 28.1 Å². The molecule has 38 heavy (non-hydrogen) atoms. The summed E-state index contributed by atoms with van der Waals surface area (Å²) in [6, 6.07) is 16.9. The van der Waals surface area contributed by atoms with Gasteiger partial charge in [-0.15, -0.1) is 0 Å². The maximum Gasteiger partial charge on any atom is 0.319 e. The fraction of sp³-hybridized carbons (Fsp3) is 0.286. The third kappa shape index (κ3) is 5.76. The number of amides is 3. The van der Waals surface area contributed by atoms with Gasteiger partial charge in [-0.05, 0) is 68.9 Å². The molecule has 1 saturated heterocycles. The number of benzene rings is 2. The molecule has 5 rings (SSSR count). The van der Waals surface area contributed by atoms with E-state index in [0.717, 1.165) is 43.0 Å². The van der Waals surface area contributed by atoms with Gasteiger partial charge in [0.15, 0.2) is 11.5 Å². The number of H-pyrrole nitrogens is 1. The van der Waals surface area contributed by atoms with E-state index in [4.69, 9.17) is 0 Å². The lowest BCUT2D eigenvalue weighted by Crippen LogP contribution is -2.44. The van der Waals surface area contributed by atoms with Crippen molar-refractivity contribution in [1.29, 1.82) is 0 Å². The summed E-state index contributed by atoms with van der Waals surface area (Å²) in [6.45, 7) is 7.81. The SMILES string of the molecule is CC(C)NC(=O)Nc1cccc(-c2cnc3[nH]nc(NC(=O)c4ccc(N5CCN(C)CC5)cc4)c3c2)c1. The summed E-state index contributed by atoms with van der Waals surface area (Å²) in [5.74, 6) is 0.171. The van der Waals surface area contributed by atoms with E-state index in [1.54, 1.807) is 6.20 Å². The number of carbonyl (C=O) groups is 2. The number of hydrogen-bond donors (Lipinski definition) is 4. The summed E-state index contributed by atoms with van der Waals surface area (Å²) in [5.41, 5.74) is 4.62. The molecule has 2 aromatic heterocycles. The first-order valence-electron chi connectivity index (χ1n) is 12.7. The van der Waals surface area contributed by atoms with Crippen LogP contribution < -0.4 is 20.9 Å². The second kappa shape index (κ2) is 10.9. The Balaban J connectivity index is 1.31. The van der Waals surface area contributed by atoms with E-state index in [1.165, 1.54) is 0 Å². The third-order valence-electron chi connectivity index (χ3n) is 6.52. The zero-order chi connectivity index (χ0) is 26.6. The Morgan fingerprint density at radius 2 is 1.71 bits per heavy atom. The first kappa shape index (κ1) is 25.2. The number of urea groups is 1. The standard InChI is InChI=1S/C28H32N8O2/c1-18(2)30-28(38)31-22-6-4-5-20(15-22)21-16-24-25(29-17-21)33-34-26(24)32-27(37)19-7-9-23(10-8-19)36-13-11-35(3)12-14-36/h4-10,15-18H,11-14H2,1-3H3,(H2,30,31,38)(H2,29,32,33,34,37). The van der Waals surface area contributed by atoms with Crippen LogP contribution in [0.15, 0.2) is 60.8 Å². The normalized spacial score (nSPS) is 14.1. The summed E-state index contributed by atoms with van der Waals surface area (Å²) in [7, 11) is 2.13. The number of nitrogens with zero attached hydrogens (tertiary/aromatic N) is 4. The molecule has 4 aromatic rings. The lowest BCUT2D eigenvalue weighted by molar-refractivity contribution is 0.102. The van der Waals surface area contributed by atoms with Crippen molar-refractivity contribution in [3.63, 3.8) is 0 Å². The number of carbonyl (C=O) groups excluding carboxylic acids is 2. The minimum absolute atomic E-state index is 0.0365. The average molecular weight is 513 g/mol. The van der Waals surface area contributed by atoms with E-state index >= 15 is 0 Å². The number of piperazine rings is 1. The quantitative estimate of drug-likeness (QED) is 0.308. The van der Waals surface area contributed by atoms with Crippen molar-refractivity contribution < 1.29 is 9.59 Å². The number of pyridine rings is 1. The largest absolute Gasteiger partial charge is 0.369 e. The molecule has 3 heterocycles. The fourth-order valence-electron chi connectivity index (χ4n) is 4.43. The smallest absolute Gasteiger partial charge is 0.319 e. The molecule has 1 aliphatic heterocycles. The number of fused-ring (bicyclic) bond motifs is 1. The van der Waals surface area contributed by atoms with Gasteiger partial charge in [0.25, 0.3) is 5.91 Å². The van der Waals surface area contributed by atoms with Crippen molar-refractivity contribution >= 4 is 40.2 Å². The van der Waals surface area contributed by atoms with E-state index in [-0.39, 0.29) is 18.0 Å². The summed E-state index contributed by atoms with van der Waals surface area (Å²) >= 11 is 0. The predicted molar refractivity (Wildman–Crippen MR) is 151 cm³/mol. The molecule has 10 heteroatoms. The summed E-state index contributed by atoms with van der Waals surface area (Å²) < 4.78 is 0. The van der Waals surface area contributed by atoms with Crippen LogP contribution in [0.1, 0.15) is 24.2 Å². The monoisotopic (exact) mass is 512 g/mol. The lowest BCUT2D eigenvalue weighted by Gasteiger charge is -2.34. The number of rotatable bonds is 6. The molecule has 0 radical (unpaired) electrons. The Morgan fingerprint density at radius 1 is 0.947 bits per heavy atom. The van der Waals surface area contributed by atoms with Gasteiger partial charge in [-0.3, -0.25) is 9.89 Å². The molecule has 0 atom stereocenters. The number of nitrogens with one attached hydrogen (secondary N) is 4. The Morgan fingerprint density at radius 3 is 2.45 bits per heavy atom. The van der Waals surface area contributed by atoms with Gasteiger partial charge in [-0.25, -0.2) is 9.78 Å². The minimum atomic E-state index is -0.262. The van der Waals surface area contributed by atoms with Crippen molar-refractivity contribution in [2.24, 2.45) is 0 Å². The van der Waals surface area contributed by atoms with Crippen LogP contribution >= 0.6 is 0 Å². The van der Waals surface area contributed by atoms with Crippen LogP contribution in [-0.2, 0) is 0 Å². The van der Waals surface area contributed by atoms with Crippen LogP contribution in [0.3, 0.4) is 0 Å². The van der Waals surface area contributed by atoms with Crippen molar-refractivity contribution in [2.45, 2.75) is 19.9 Å². The number of hydrogen-bond acceptors (Lipinski definition) is 6. The van der Waals surface area contributed by atoms with Crippen LogP contribution in [0.25, 0.3) is 22.2 Å². The van der Waals surface area contributed by atoms with Crippen LogP contribution in [0, 0.1) is 0 Å². The highest BCUT2D eigenvalue weighted by atomic mass is 16.2. The van der Waals surface area contributed by atoms with Gasteiger partial charge in [0, 0.05) is 60.9 Å². The minimum Gasteiger partial charge on any atom is -0.369 e. The van der Waals surface area contributed by atoms with Crippen molar-refractivity contribution in [3.8, 4) is 11.1 Å². The first-order valence-corrected chi connectivity index (χ1v) is 12.7. The topological polar surface area (TPSA) is 118 Å². The Kier molecular flexibility index (Phi) is 7.23. The van der Waals surface area contributed by atoms with E-state index in [2.05, 4.69) is 48.0 Å². The summed E-state index contributed by atoms with van der Waals surface area (Å²) in [5, 5.41) is 16.4. The van der Waals surface area contributed by atoms with Gasteiger partial charge in [0.1, 0.15) is 0 Å². The molecule has 1 aliphatic rings. The number of likely N-dealkylation sites (N-methyl/N-ethyl adjacent to an activating group) is 1. The highest BCUT2D eigenvalue weighted by Gasteiger charge is 2.16. The van der Waals surface area contributed by atoms with Crippen LogP contribution in [-0.4, -0.2) is 71.3 Å². The Labute approximate surface area is 221 Å². The Bertz CT molecular complexity index is 1440. The molecule has 0 aliphatic carbocycles. The van der Waals surface area contributed by atoms with Crippen LogP contribution in [0.4, 0.5) is 22.0 Å². The lowest BCUT2D eigenvalue weighted by atomic mass is 10.1. The second-order valence-electron chi connectivity index (χ2n) is 9.82. The molecule has 2 aromatic carbocycles. The maximum absolute atomic E-state index is 13.0. The summed E-state index contributed by atoms with van der Waals surface area (Å²) in [4.78, 5) is 34.2. The highest BCUT2D eigenvalue weighted by molar-refractivity contribution is 6.08. The van der Waals surface area contributed by atoms with Gasteiger partial charge in [-0.1, -0.05) is 12.1 Å². The van der Waals surface area contributed by atoms with Crippen molar-refractivity contribution in [1.82, 2.24) is 25.4 Å². The summed E-state index contributed by atoms with van der Waals surface area (Å²) in [6.07, 6.45) is 1.73. The molecule has 1 fully saturated rings. The number of aromatic nitrogens is 3. The number of aromatic amines is 1.